The highest BCUT2D eigenvalue weighted by atomic mass is 16.3. The highest BCUT2D eigenvalue weighted by Gasteiger charge is 2.30. The Morgan fingerprint density at radius 2 is 0.962 bits per heavy atom. The minimum Gasteiger partial charge on any atom is -0.393 e. The van der Waals surface area contributed by atoms with E-state index in [4.69, 9.17) is 0 Å². The lowest BCUT2D eigenvalue weighted by atomic mass is 9.69. The second-order valence-electron chi connectivity index (χ2n) is 9.38. The van der Waals surface area contributed by atoms with Crippen LogP contribution in [0.3, 0.4) is 0 Å². The van der Waals surface area contributed by atoms with Crippen molar-refractivity contribution in [1.82, 2.24) is 0 Å². The lowest BCUT2D eigenvalue weighted by molar-refractivity contribution is 0.0878. The maximum atomic E-state index is 9.87. The Hall–Kier alpha value is -0.0400. The van der Waals surface area contributed by atoms with Gasteiger partial charge in [0, 0.05) is 0 Å². The van der Waals surface area contributed by atoms with Crippen molar-refractivity contribution in [3.63, 3.8) is 0 Å². The van der Waals surface area contributed by atoms with Crippen LogP contribution in [0.2, 0.25) is 0 Å². The zero-order chi connectivity index (χ0) is 19.7. The lowest BCUT2D eigenvalue weighted by Crippen LogP contribution is -2.28. The highest BCUT2D eigenvalue weighted by Crippen LogP contribution is 2.41. The van der Waals surface area contributed by atoms with E-state index in [2.05, 4.69) is 27.7 Å². The molecule has 0 amide bonds. The van der Waals surface area contributed by atoms with Gasteiger partial charge in [0.1, 0.15) is 0 Å². The molecule has 1 N–H and O–H groups in total. The normalized spacial score (nSPS) is 16.4. The lowest BCUT2D eigenvalue weighted by Gasteiger charge is -2.37. The molecule has 0 aliphatic heterocycles. The van der Waals surface area contributed by atoms with Crippen molar-refractivity contribution in [1.29, 1.82) is 0 Å². The predicted molar refractivity (Wildman–Crippen MR) is 119 cm³/mol. The fourth-order valence-corrected chi connectivity index (χ4v) is 4.39. The molecule has 1 nitrogen and oxygen atoms in total. The summed E-state index contributed by atoms with van der Waals surface area (Å²) in [6, 6.07) is 0. The van der Waals surface area contributed by atoms with Gasteiger partial charge in [0.25, 0.3) is 0 Å². The summed E-state index contributed by atoms with van der Waals surface area (Å²) in [5.74, 6) is 0.627. The molecule has 0 radical (unpaired) electrons. The van der Waals surface area contributed by atoms with E-state index in [-0.39, 0.29) is 6.10 Å². The second kappa shape index (κ2) is 17.1. The van der Waals surface area contributed by atoms with Gasteiger partial charge in [-0.1, -0.05) is 118 Å². The monoisotopic (exact) mass is 368 g/mol. The Morgan fingerprint density at radius 1 is 0.615 bits per heavy atom. The summed E-state index contributed by atoms with van der Waals surface area (Å²) in [6.07, 6.45) is 23.1. The maximum absolute atomic E-state index is 9.87. The van der Waals surface area contributed by atoms with Crippen molar-refractivity contribution in [3.8, 4) is 0 Å². The molecule has 0 spiro atoms. The topological polar surface area (TPSA) is 20.2 Å². The van der Waals surface area contributed by atoms with Gasteiger partial charge < -0.3 is 5.11 Å². The molecule has 1 heteroatoms. The molecular formula is C25H52O. The Labute approximate surface area is 166 Å². The third-order valence-corrected chi connectivity index (χ3v) is 6.59. The molecule has 0 aromatic heterocycles. The maximum Gasteiger partial charge on any atom is 0.0514 e. The molecule has 26 heavy (non-hydrogen) atoms. The molecule has 0 bridgehead atoms. The van der Waals surface area contributed by atoms with E-state index in [0.717, 1.165) is 6.42 Å². The van der Waals surface area contributed by atoms with E-state index in [0.29, 0.717) is 11.3 Å². The molecular weight excluding hydrogens is 316 g/mol. The third-order valence-electron chi connectivity index (χ3n) is 6.59. The van der Waals surface area contributed by atoms with Crippen LogP contribution in [0.4, 0.5) is 0 Å². The van der Waals surface area contributed by atoms with E-state index in [1.165, 1.54) is 103 Å². The minimum absolute atomic E-state index is 0.160. The fraction of sp³-hybridized carbons (Fsp3) is 1.00. The Balaban J connectivity index is 4.15. The SMILES string of the molecule is CCCCCCCCCCC(C)(CCCCCCCC)C(C)CC(C)O. The number of rotatable bonds is 19. The molecule has 3 unspecified atom stereocenters. The zero-order valence-corrected chi connectivity index (χ0v) is 19.1. The summed E-state index contributed by atoms with van der Waals surface area (Å²) in [7, 11) is 0. The summed E-state index contributed by atoms with van der Waals surface area (Å²) in [5.41, 5.74) is 0.421. The smallest absolute Gasteiger partial charge is 0.0514 e. The Bertz CT molecular complexity index is 286. The first-order valence-electron chi connectivity index (χ1n) is 12.1. The number of unbranched alkanes of at least 4 members (excludes halogenated alkanes) is 12. The molecule has 0 aliphatic carbocycles. The van der Waals surface area contributed by atoms with Crippen molar-refractivity contribution in [2.75, 3.05) is 0 Å². The van der Waals surface area contributed by atoms with Crippen LogP contribution in [0.25, 0.3) is 0 Å². The van der Waals surface area contributed by atoms with Crippen LogP contribution in [-0.2, 0) is 0 Å². The molecule has 0 fully saturated rings. The van der Waals surface area contributed by atoms with Crippen molar-refractivity contribution < 1.29 is 5.11 Å². The molecule has 0 heterocycles. The Morgan fingerprint density at radius 3 is 1.31 bits per heavy atom. The minimum atomic E-state index is -0.160. The van der Waals surface area contributed by atoms with Crippen LogP contribution in [0.5, 0.6) is 0 Å². The number of hydrogen-bond donors (Lipinski definition) is 1. The predicted octanol–water partition coefficient (Wildman–Crippen LogP) is 8.68. The molecule has 3 atom stereocenters. The van der Waals surface area contributed by atoms with Gasteiger partial charge >= 0.3 is 0 Å². The van der Waals surface area contributed by atoms with Gasteiger partial charge in [-0.25, -0.2) is 0 Å². The zero-order valence-electron chi connectivity index (χ0n) is 19.1. The first-order chi connectivity index (χ1) is 12.5. The summed E-state index contributed by atoms with van der Waals surface area (Å²) < 4.78 is 0. The van der Waals surface area contributed by atoms with E-state index in [1.54, 1.807) is 0 Å². The summed E-state index contributed by atoms with van der Waals surface area (Å²) in [6.45, 7) is 11.4. The third kappa shape index (κ3) is 14.1. The van der Waals surface area contributed by atoms with Crippen molar-refractivity contribution in [2.45, 2.75) is 150 Å². The van der Waals surface area contributed by atoms with Crippen molar-refractivity contribution in [3.05, 3.63) is 0 Å². The molecule has 0 aromatic rings. The Kier molecular flexibility index (Phi) is 17.1. The molecule has 0 aromatic carbocycles. The standard InChI is InChI=1S/C25H52O/c1-6-8-10-12-14-15-17-19-21-25(5,23(3)22-24(4)26)20-18-16-13-11-9-7-2/h23-24,26H,6-22H2,1-5H3. The number of hydrogen-bond acceptors (Lipinski definition) is 1. The van der Waals surface area contributed by atoms with E-state index >= 15 is 0 Å². The number of aliphatic hydroxyl groups excluding tert-OH is 1. The van der Waals surface area contributed by atoms with E-state index in [9.17, 15) is 5.11 Å². The van der Waals surface area contributed by atoms with Gasteiger partial charge in [0.2, 0.25) is 0 Å². The molecule has 0 aliphatic rings. The average molecular weight is 369 g/mol. The quantitative estimate of drug-likeness (QED) is 0.226. The van der Waals surface area contributed by atoms with Crippen molar-refractivity contribution in [2.24, 2.45) is 11.3 Å². The highest BCUT2D eigenvalue weighted by molar-refractivity contribution is 4.81. The van der Waals surface area contributed by atoms with Gasteiger partial charge in [-0.2, -0.15) is 0 Å². The fourth-order valence-electron chi connectivity index (χ4n) is 4.39. The van der Waals surface area contributed by atoms with E-state index < -0.39 is 0 Å². The molecule has 0 saturated carbocycles. The van der Waals surface area contributed by atoms with Gasteiger partial charge in [0.05, 0.1) is 6.10 Å². The van der Waals surface area contributed by atoms with Crippen LogP contribution in [0, 0.1) is 11.3 Å². The molecule has 158 valence electrons. The van der Waals surface area contributed by atoms with Gasteiger partial charge in [0.15, 0.2) is 0 Å². The van der Waals surface area contributed by atoms with Crippen LogP contribution < -0.4 is 0 Å². The van der Waals surface area contributed by atoms with Crippen LogP contribution in [0.15, 0.2) is 0 Å². The van der Waals surface area contributed by atoms with Gasteiger partial charge in [-0.3, -0.25) is 0 Å². The van der Waals surface area contributed by atoms with Crippen molar-refractivity contribution >= 4 is 0 Å². The average Bonchev–Trinajstić information content (AvgIpc) is 2.59. The van der Waals surface area contributed by atoms with Gasteiger partial charge in [-0.05, 0) is 37.5 Å². The molecule has 0 saturated heterocycles. The second-order valence-corrected chi connectivity index (χ2v) is 9.38. The van der Waals surface area contributed by atoms with Gasteiger partial charge in [-0.15, -0.1) is 0 Å². The summed E-state index contributed by atoms with van der Waals surface area (Å²) in [5, 5.41) is 9.87. The first kappa shape index (κ1) is 26.0. The van der Waals surface area contributed by atoms with E-state index in [1.807, 2.05) is 6.92 Å². The van der Waals surface area contributed by atoms with Crippen LogP contribution >= 0.6 is 0 Å². The summed E-state index contributed by atoms with van der Waals surface area (Å²) >= 11 is 0. The number of aliphatic hydroxyl groups is 1. The largest absolute Gasteiger partial charge is 0.393 e. The van der Waals surface area contributed by atoms with Crippen LogP contribution in [0.1, 0.15) is 144 Å². The first-order valence-corrected chi connectivity index (χ1v) is 12.1. The summed E-state index contributed by atoms with van der Waals surface area (Å²) in [4.78, 5) is 0. The molecule has 0 rings (SSSR count). The van der Waals surface area contributed by atoms with Crippen LogP contribution in [-0.4, -0.2) is 11.2 Å².